The highest BCUT2D eigenvalue weighted by Gasteiger charge is 2.17. The molecule has 0 atom stereocenters. The Kier molecular flexibility index (Phi) is 2.67. The molecule has 0 spiro atoms. The van der Waals surface area contributed by atoms with Crippen molar-refractivity contribution in [3.05, 3.63) is 26.9 Å². The van der Waals surface area contributed by atoms with Gasteiger partial charge in [0.1, 0.15) is 11.2 Å². The number of imidazole rings is 1. The monoisotopic (exact) mass is 369 g/mol. The van der Waals surface area contributed by atoms with Crippen LogP contribution < -0.4 is 5.73 Å². The molecule has 0 aromatic carbocycles. The van der Waals surface area contributed by atoms with Crippen molar-refractivity contribution >= 4 is 48.8 Å². The molecule has 0 unspecified atom stereocenters. The van der Waals surface area contributed by atoms with Crippen LogP contribution >= 0.6 is 31.9 Å². The van der Waals surface area contributed by atoms with E-state index < -0.39 is 0 Å². The van der Waals surface area contributed by atoms with Crippen LogP contribution in [0.3, 0.4) is 0 Å². The van der Waals surface area contributed by atoms with Crippen molar-refractivity contribution < 1.29 is 0 Å². The Morgan fingerprint density at radius 3 is 2.67 bits per heavy atom. The molecule has 0 saturated carbocycles. The van der Waals surface area contributed by atoms with Crippen molar-refractivity contribution in [2.75, 3.05) is 5.73 Å². The molecule has 3 rings (SSSR count). The van der Waals surface area contributed by atoms with E-state index in [1.54, 1.807) is 6.20 Å². The molecule has 0 fully saturated rings. The quantitative estimate of drug-likeness (QED) is 0.614. The van der Waals surface area contributed by atoms with Crippen molar-refractivity contribution in [2.24, 2.45) is 0 Å². The molecule has 0 aliphatic carbocycles. The summed E-state index contributed by atoms with van der Waals surface area (Å²) in [6, 6.07) is 1.85. The van der Waals surface area contributed by atoms with Gasteiger partial charge in [0.05, 0.1) is 20.2 Å². The van der Waals surface area contributed by atoms with Crippen LogP contribution in [0.1, 0.15) is 5.69 Å². The molecule has 0 amide bonds. The van der Waals surface area contributed by atoms with Gasteiger partial charge in [-0.2, -0.15) is 0 Å². The number of nitrogens with two attached hydrogens (primary N) is 1. The summed E-state index contributed by atoms with van der Waals surface area (Å²) < 4.78 is 1.92. The molecule has 7 heteroatoms. The highest BCUT2D eigenvalue weighted by atomic mass is 79.9. The maximum atomic E-state index is 5.69. The third kappa shape index (κ3) is 1.65. The number of anilines is 1. The molecule has 0 aliphatic heterocycles. The average Bonchev–Trinajstić information content (AvgIpc) is 2.83. The number of pyridine rings is 1. The maximum Gasteiger partial charge on any atom is 0.198 e. The van der Waals surface area contributed by atoms with Gasteiger partial charge in [0.2, 0.25) is 0 Å². The van der Waals surface area contributed by atoms with Crippen molar-refractivity contribution in [1.29, 1.82) is 0 Å². The third-order valence-corrected chi connectivity index (χ3v) is 5.03. The van der Waals surface area contributed by atoms with Gasteiger partial charge in [0, 0.05) is 11.9 Å². The Labute approximate surface area is 119 Å². The summed E-state index contributed by atoms with van der Waals surface area (Å²) in [5, 5.41) is 0. The van der Waals surface area contributed by atoms with Gasteiger partial charge in [-0.25, -0.2) is 4.98 Å². The minimum Gasteiger partial charge on any atom is -0.369 e. The number of H-pyrrole nitrogens is 2. The van der Waals surface area contributed by atoms with Crippen molar-refractivity contribution in [1.82, 2.24) is 19.9 Å². The lowest BCUT2D eigenvalue weighted by Crippen LogP contribution is -1.87. The van der Waals surface area contributed by atoms with Crippen LogP contribution in [-0.4, -0.2) is 19.9 Å². The smallest absolute Gasteiger partial charge is 0.198 e. The van der Waals surface area contributed by atoms with Crippen molar-refractivity contribution in [3.63, 3.8) is 0 Å². The number of hydrogen-bond donors (Lipinski definition) is 3. The van der Waals surface area contributed by atoms with Crippen LogP contribution in [0.2, 0.25) is 0 Å². The summed E-state index contributed by atoms with van der Waals surface area (Å²) in [6.45, 7) is 1.98. The first-order chi connectivity index (χ1) is 8.58. The number of fused-ring (bicyclic) bond motifs is 1. The number of halogens is 2. The lowest BCUT2D eigenvalue weighted by atomic mass is 10.2. The molecule has 0 radical (unpaired) electrons. The highest BCUT2D eigenvalue weighted by molar-refractivity contribution is 9.13. The molecule has 0 aliphatic rings. The molecule has 3 aromatic rings. The fourth-order valence-corrected chi connectivity index (χ4v) is 2.75. The number of aromatic nitrogens is 4. The first-order valence-corrected chi connectivity index (χ1v) is 6.80. The van der Waals surface area contributed by atoms with Gasteiger partial charge in [-0.05, 0) is 44.8 Å². The number of nitrogen functional groups attached to an aromatic ring is 1. The Morgan fingerprint density at radius 2 is 2.00 bits per heavy atom. The minimum atomic E-state index is 0.387. The van der Waals surface area contributed by atoms with Crippen LogP contribution in [0, 0.1) is 6.92 Å². The second-order valence-corrected chi connectivity index (χ2v) is 5.52. The second kappa shape index (κ2) is 4.10. The molecule has 92 valence electrons. The van der Waals surface area contributed by atoms with Gasteiger partial charge in [-0.3, -0.25) is 4.98 Å². The molecule has 5 nitrogen and oxygen atoms in total. The number of nitrogens with one attached hydrogen (secondary N) is 2. The number of nitrogens with zero attached hydrogens (tertiary/aromatic N) is 2. The molecule has 4 N–H and O–H groups in total. The largest absolute Gasteiger partial charge is 0.369 e. The molecular formula is C11H9Br2N5. The van der Waals surface area contributed by atoms with E-state index in [0.717, 1.165) is 37.1 Å². The van der Waals surface area contributed by atoms with Gasteiger partial charge in [-0.15, -0.1) is 0 Å². The summed E-state index contributed by atoms with van der Waals surface area (Å²) in [5.74, 6) is 0.387. The fourth-order valence-electron chi connectivity index (χ4n) is 1.87. The highest BCUT2D eigenvalue weighted by Crippen LogP contribution is 2.37. The zero-order valence-corrected chi connectivity index (χ0v) is 12.6. The predicted octanol–water partition coefficient (Wildman–Crippen LogP) is 3.37. The molecule has 3 aromatic heterocycles. The maximum absolute atomic E-state index is 5.69. The Morgan fingerprint density at radius 1 is 1.22 bits per heavy atom. The SMILES string of the molecule is Cc1[nH]c(-c2nccc3[nH]c(N)nc23)c(Br)c1Br. The molecule has 3 heterocycles. The summed E-state index contributed by atoms with van der Waals surface area (Å²) in [5.41, 5.74) is 9.99. The third-order valence-electron chi connectivity index (χ3n) is 2.71. The topological polar surface area (TPSA) is 83.4 Å². The zero-order valence-electron chi connectivity index (χ0n) is 9.38. The summed E-state index contributed by atoms with van der Waals surface area (Å²) >= 11 is 7.05. The number of aryl methyl sites for hydroxylation is 1. The minimum absolute atomic E-state index is 0.387. The van der Waals surface area contributed by atoms with E-state index in [1.165, 1.54) is 0 Å². The van der Waals surface area contributed by atoms with Gasteiger partial charge in [0.25, 0.3) is 0 Å². The van der Waals surface area contributed by atoms with E-state index in [1.807, 2.05) is 13.0 Å². The number of aromatic amines is 2. The first-order valence-electron chi connectivity index (χ1n) is 5.22. The van der Waals surface area contributed by atoms with Crippen LogP contribution in [-0.2, 0) is 0 Å². The van der Waals surface area contributed by atoms with Gasteiger partial charge < -0.3 is 15.7 Å². The van der Waals surface area contributed by atoms with Crippen LogP contribution in [0.5, 0.6) is 0 Å². The van der Waals surface area contributed by atoms with E-state index in [9.17, 15) is 0 Å². The van der Waals surface area contributed by atoms with E-state index in [4.69, 9.17) is 5.73 Å². The fraction of sp³-hybridized carbons (Fsp3) is 0.0909. The van der Waals surface area contributed by atoms with Gasteiger partial charge >= 0.3 is 0 Å². The van der Waals surface area contributed by atoms with Crippen LogP contribution in [0.25, 0.3) is 22.4 Å². The summed E-state index contributed by atoms with van der Waals surface area (Å²) in [4.78, 5) is 14.9. The molecule has 0 saturated heterocycles. The predicted molar refractivity (Wildman–Crippen MR) is 78.2 cm³/mol. The Balaban J connectivity index is 2.34. The van der Waals surface area contributed by atoms with E-state index in [0.29, 0.717) is 5.95 Å². The van der Waals surface area contributed by atoms with E-state index >= 15 is 0 Å². The zero-order chi connectivity index (χ0) is 12.9. The Bertz CT molecular complexity index is 743. The summed E-state index contributed by atoms with van der Waals surface area (Å²) in [7, 11) is 0. The van der Waals surface area contributed by atoms with E-state index in [-0.39, 0.29) is 0 Å². The first kappa shape index (κ1) is 11.7. The Hall–Kier alpha value is -1.34. The number of rotatable bonds is 1. The van der Waals surface area contributed by atoms with Crippen LogP contribution in [0.15, 0.2) is 21.2 Å². The van der Waals surface area contributed by atoms with Crippen molar-refractivity contribution in [3.8, 4) is 11.4 Å². The second-order valence-electron chi connectivity index (χ2n) is 3.93. The van der Waals surface area contributed by atoms with Crippen LogP contribution in [0.4, 0.5) is 5.95 Å². The van der Waals surface area contributed by atoms with Crippen molar-refractivity contribution in [2.45, 2.75) is 6.92 Å². The standard InChI is InChI=1S/C11H9Br2N5/c1-4-6(12)7(13)9(16-4)10-8-5(2-3-15-10)17-11(14)18-8/h2-3,16H,1H3,(H3,14,17,18). The van der Waals surface area contributed by atoms with E-state index in [2.05, 4.69) is 51.8 Å². The molecule has 18 heavy (non-hydrogen) atoms. The lowest BCUT2D eigenvalue weighted by Gasteiger charge is -1.99. The van der Waals surface area contributed by atoms with Gasteiger partial charge in [-0.1, -0.05) is 0 Å². The average molecular weight is 371 g/mol. The number of hydrogen-bond acceptors (Lipinski definition) is 3. The van der Waals surface area contributed by atoms with Gasteiger partial charge in [0.15, 0.2) is 5.95 Å². The lowest BCUT2D eigenvalue weighted by molar-refractivity contribution is 1.23. The summed E-state index contributed by atoms with van der Waals surface area (Å²) in [6.07, 6.45) is 1.73. The normalized spacial score (nSPS) is 11.3. The molecular weight excluding hydrogens is 362 g/mol. The molecule has 0 bridgehead atoms.